The van der Waals surface area contributed by atoms with E-state index in [0.717, 1.165) is 38.4 Å². The van der Waals surface area contributed by atoms with E-state index in [1.807, 2.05) is 13.0 Å². The first kappa shape index (κ1) is 11.5. The van der Waals surface area contributed by atoms with E-state index in [4.69, 9.17) is 0 Å². The smallest absolute Gasteiger partial charge is 0.163 e. The first-order chi connectivity index (χ1) is 9.79. The molecule has 0 amide bonds. The summed E-state index contributed by atoms with van der Waals surface area (Å²) in [5.74, 6) is 0.806. The fraction of sp³-hybridized carbons (Fsp3) is 0.0714. The maximum Gasteiger partial charge on any atom is 0.163 e. The van der Waals surface area contributed by atoms with Crippen molar-refractivity contribution in [3.8, 4) is 11.3 Å². The van der Waals surface area contributed by atoms with Gasteiger partial charge in [-0.05, 0) is 25.1 Å². The largest absolute Gasteiger partial charge is 0.337 e. The highest BCUT2D eigenvalue weighted by Gasteiger charge is 2.18. The van der Waals surface area contributed by atoms with Crippen molar-refractivity contribution in [1.82, 2.24) is 20.2 Å². The molecule has 0 unspecified atom stereocenters. The Kier molecular flexibility index (Phi) is 2.50. The van der Waals surface area contributed by atoms with E-state index in [9.17, 15) is 0 Å². The first-order valence-electron chi connectivity index (χ1n) is 6.22. The predicted octanol–water partition coefficient (Wildman–Crippen LogP) is 3.38. The Morgan fingerprint density at radius 2 is 2.00 bits per heavy atom. The van der Waals surface area contributed by atoms with Crippen molar-refractivity contribution in [2.75, 3.05) is 5.32 Å². The fourth-order valence-corrected chi connectivity index (χ4v) is 3.04. The summed E-state index contributed by atoms with van der Waals surface area (Å²) in [7, 11) is 0. The predicted molar refractivity (Wildman–Crippen MR) is 78.2 cm³/mol. The van der Waals surface area contributed by atoms with Gasteiger partial charge in [-0.2, -0.15) is 5.10 Å². The lowest BCUT2D eigenvalue weighted by atomic mass is 10.1. The van der Waals surface area contributed by atoms with Crippen LogP contribution in [0.1, 0.15) is 5.69 Å². The zero-order valence-corrected chi connectivity index (χ0v) is 11.5. The molecule has 2 N–H and O–H groups in total. The lowest BCUT2D eigenvalue weighted by molar-refractivity contribution is 1.04. The van der Waals surface area contributed by atoms with Crippen LogP contribution in [0.5, 0.6) is 0 Å². The molecular formula is C14H11N5S. The van der Waals surface area contributed by atoms with Gasteiger partial charge in [-0.15, -0.1) is 0 Å². The first-order valence-corrected chi connectivity index (χ1v) is 7.03. The number of nitrogens with one attached hydrogen (secondary N) is 2. The molecule has 0 fully saturated rings. The summed E-state index contributed by atoms with van der Waals surface area (Å²) in [5, 5.41) is 11.5. The van der Waals surface area contributed by atoms with Gasteiger partial charge in [0.15, 0.2) is 5.82 Å². The molecule has 0 saturated carbocycles. The monoisotopic (exact) mass is 281 g/mol. The van der Waals surface area contributed by atoms with Crippen molar-refractivity contribution >= 4 is 23.3 Å². The quantitative estimate of drug-likeness (QED) is 0.560. The van der Waals surface area contributed by atoms with Crippen LogP contribution in [0.2, 0.25) is 0 Å². The molecule has 5 nitrogen and oxygen atoms in total. The van der Waals surface area contributed by atoms with Crippen molar-refractivity contribution in [3.63, 3.8) is 0 Å². The minimum absolute atomic E-state index is 0.806. The molecule has 0 spiro atoms. The van der Waals surface area contributed by atoms with E-state index < -0.39 is 0 Å². The van der Waals surface area contributed by atoms with E-state index in [1.165, 1.54) is 0 Å². The number of nitrogens with zero attached hydrogens (tertiary/aromatic N) is 3. The van der Waals surface area contributed by atoms with Crippen molar-refractivity contribution in [2.24, 2.45) is 0 Å². The van der Waals surface area contributed by atoms with Crippen LogP contribution in [0.3, 0.4) is 0 Å². The number of benzene rings is 1. The molecule has 1 aliphatic heterocycles. The molecule has 4 rings (SSSR count). The van der Waals surface area contributed by atoms with Crippen LogP contribution in [-0.4, -0.2) is 20.2 Å². The van der Waals surface area contributed by atoms with Gasteiger partial charge in [-0.25, -0.2) is 9.97 Å². The minimum Gasteiger partial charge on any atom is -0.337 e. The van der Waals surface area contributed by atoms with Crippen LogP contribution in [-0.2, 0) is 0 Å². The van der Waals surface area contributed by atoms with E-state index in [-0.39, 0.29) is 0 Å². The summed E-state index contributed by atoms with van der Waals surface area (Å²) in [4.78, 5) is 9.78. The standard InChI is InChI=1S/C14H11N5S/c1-8-6-10(19-18-8)9-2-3-12-11(7-9)17-13-14(20-12)16-5-4-15-13/h2-7H,1H3,(H,15,17)(H,18,19). The lowest BCUT2D eigenvalue weighted by Crippen LogP contribution is -2.03. The number of hydrogen-bond donors (Lipinski definition) is 2. The summed E-state index contributed by atoms with van der Waals surface area (Å²) in [5.41, 5.74) is 4.12. The van der Waals surface area contributed by atoms with Gasteiger partial charge in [-0.3, -0.25) is 5.10 Å². The van der Waals surface area contributed by atoms with E-state index in [1.54, 1.807) is 24.2 Å². The maximum atomic E-state index is 4.32. The minimum atomic E-state index is 0.806. The average molecular weight is 281 g/mol. The fourth-order valence-electron chi connectivity index (χ4n) is 2.16. The number of fused-ring (bicyclic) bond motifs is 2. The number of aromatic nitrogens is 4. The highest BCUT2D eigenvalue weighted by Crippen LogP contribution is 2.42. The zero-order chi connectivity index (χ0) is 13.5. The zero-order valence-electron chi connectivity index (χ0n) is 10.7. The molecule has 0 atom stereocenters. The molecule has 98 valence electrons. The molecule has 2 aromatic heterocycles. The summed E-state index contributed by atoms with van der Waals surface area (Å²) in [6.45, 7) is 1.99. The normalized spacial score (nSPS) is 12.4. The third-order valence-electron chi connectivity index (χ3n) is 3.11. The van der Waals surface area contributed by atoms with Crippen LogP contribution in [0.15, 0.2) is 46.6 Å². The summed E-state index contributed by atoms with van der Waals surface area (Å²) >= 11 is 1.63. The SMILES string of the molecule is Cc1cc(-c2ccc3c(c2)Nc2nccnc2S3)n[nH]1. The van der Waals surface area contributed by atoms with Gasteiger partial charge < -0.3 is 5.32 Å². The topological polar surface area (TPSA) is 66.5 Å². The number of H-pyrrole nitrogens is 1. The van der Waals surface area contributed by atoms with Crippen LogP contribution in [0.4, 0.5) is 11.5 Å². The molecule has 0 aliphatic carbocycles. The molecule has 0 saturated heterocycles. The molecule has 3 heterocycles. The van der Waals surface area contributed by atoms with Gasteiger partial charge in [0.1, 0.15) is 5.03 Å². The summed E-state index contributed by atoms with van der Waals surface area (Å²) < 4.78 is 0. The number of rotatable bonds is 1. The maximum absolute atomic E-state index is 4.32. The Balaban J connectivity index is 1.76. The number of aromatic amines is 1. The van der Waals surface area contributed by atoms with Crippen molar-refractivity contribution in [3.05, 3.63) is 42.4 Å². The summed E-state index contributed by atoms with van der Waals surface area (Å²) in [6, 6.07) is 8.29. The molecule has 0 bridgehead atoms. The molecule has 6 heteroatoms. The van der Waals surface area contributed by atoms with E-state index >= 15 is 0 Å². The molecule has 1 aliphatic rings. The van der Waals surface area contributed by atoms with Crippen LogP contribution < -0.4 is 5.32 Å². The third-order valence-corrected chi connectivity index (χ3v) is 4.17. The molecule has 20 heavy (non-hydrogen) atoms. The summed E-state index contributed by atoms with van der Waals surface area (Å²) in [6.07, 6.45) is 3.40. The van der Waals surface area contributed by atoms with E-state index in [2.05, 4.69) is 43.7 Å². The number of hydrogen-bond acceptors (Lipinski definition) is 5. The highest BCUT2D eigenvalue weighted by atomic mass is 32.2. The van der Waals surface area contributed by atoms with Crippen LogP contribution in [0.25, 0.3) is 11.3 Å². The molecule has 3 aromatic rings. The Labute approximate surface area is 119 Å². The van der Waals surface area contributed by atoms with Gasteiger partial charge in [0, 0.05) is 28.5 Å². The molecular weight excluding hydrogens is 270 g/mol. The van der Waals surface area contributed by atoms with Gasteiger partial charge in [0.25, 0.3) is 0 Å². The van der Waals surface area contributed by atoms with Gasteiger partial charge in [0.2, 0.25) is 0 Å². The lowest BCUT2D eigenvalue weighted by Gasteiger charge is -2.18. The number of anilines is 2. The van der Waals surface area contributed by atoms with Crippen LogP contribution in [0, 0.1) is 6.92 Å². The Morgan fingerprint density at radius 1 is 1.10 bits per heavy atom. The van der Waals surface area contributed by atoms with Crippen molar-refractivity contribution in [1.29, 1.82) is 0 Å². The van der Waals surface area contributed by atoms with Crippen molar-refractivity contribution in [2.45, 2.75) is 16.8 Å². The second-order valence-corrected chi connectivity index (χ2v) is 5.61. The van der Waals surface area contributed by atoms with Crippen molar-refractivity contribution < 1.29 is 0 Å². The third kappa shape index (κ3) is 1.85. The average Bonchev–Trinajstić information content (AvgIpc) is 2.91. The van der Waals surface area contributed by atoms with Gasteiger partial charge in [-0.1, -0.05) is 17.8 Å². The highest BCUT2D eigenvalue weighted by molar-refractivity contribution is 7.99. The Morgan fingerprint density at radius 3 is 2.85 bits per heavy atom. The van der Waals surface area contributed by atoms with Gasteiger partial charge in [0.05, 0.1) is 11.4 Å². The Hall–Kier alpha value is -2.34. The van der Waals surface area contributed by atoms with Gasteiger partial charge >= 0.3 is 0 Å². The van der Waals surface area contributed by atoms with Crippen LogP contribution >= 0.6 is 11.8 Å². The number of aryl methyl sites for hydroxylation is 1. The molecule has 1 aromatic carbocycles. The second kappa shape index (κ2) is 4.35. The van der Waals surface area contributed by atoms with E-state index in [0.29, 0.717) is 0 Å². The Bertz CT molecular complexity index is 796. The molecule has 0 radical (unpaired) electrons. The second-order valence-electron chi connectivity index (χ2n) is 4.58.